The number of likely N-dealkylation sites (N-methyl/N-ethyl adjacent to an activating group) is 2. The molecule has 0 spiro atoms. The van der Waals surface area contributed by atoms with Gasteiger partial charge in [0.15, 0.2) is 5.82 Å². The van der Waals surface area contributed by atoms with Gasteiger partial charge in [-0.15, -0.1) is 10.2 Å². The van der Waals surface area contributed by atoms with Gasteiger partial charge in [0.2, 0.25) is 0 Å². The van der Waals surface area contributed by atoms with E-state index in [-0.39, 0.29) is 5.75 Å². The Labute approximate surface area is 147 Å². The van der Waals surface area contributed by atoms with Crippen LogP contribution < -0.4 is 4.90 Å². The first-order valence-corrected chi connectivity index (χ1v) is 8.68. The molecule has 1 aliphatic heterocycles. The Morgan fingerprint density at radius 2 is 2.08 bits per heavy atom. The summed E-state index contributed by atoms with van der Waals surface area (Å²) in [6, 6.07) is 9.67. The Morgan fingerprint density at radius 1 is 1.24 bits per heavy atom. The summed E-state index contributed by atoms with van der Waals surface area (Å²) in [7, 11) is 4.25. The number of nitrogens with zero attached hydrogens (tertiary/aromatic N) is 4. The summed E-state index contributed by atoms with van der Waals surface area (Å²) in [5.41, 5.74) is 2.36. The summed E-state index contributed by atoms with van der Waals surface area (Å²) >= 11 is 0. The molecular weight excluding hydrogens is 314 g/mol. The molecule has 3 aromatic rings. The summed E-state index contributed by atoms with van der Waals surface area (Å²) in [5, 5.41) is 20.1. The van der Waals surface area contributed by atoms with E-state index in [0.29, 0.717) is 17.3 Å². The summed E-state index contributed by atoms with van der Waals surface area (Å²) in [5.74, 6) is 1.08. The van der Waals surface area contributed by atoms with E-state index in [1.54, 1.807) is 6.07 Å². The zero-order valence-corrected chi connectivity index (χ0v) is 14.6. The Kier molecular flexibility index (Phi) is 4.05. The number of nitrogens with one attached hydrogen (secondary N) is 1. The average Bonchev–Trinajstić information content (AvgIpc) is 3.11. The van der Waals surface area contributed by atoms with Gasteiger partial charge in [-0.1, -0.05) is 12.1 Å². The number of piperidine rings is 1. The number of hydrogen-bond donors (Lipinski definition) is 2. The van der Waals surface area contributed by atoms with Crippen LogP contribution in [-0.2, 0) is 0 Å². The molecule has 130 valence electrons. The summed E-state index contributed by atoms with van der Waals surface area (Å²) in [4.78, 5) is 7.90. The number of phenolic OH excluding ortho intramolecular Hbond substituents is 1. The number of anilines is 1. The predicted octanol–water partition coefficient (Wildman–Crippen LogP) is 2.86. The van der Waals surface area contributed by atoms with Crippen LogP contribution in [0.25, 0.3) is 22.2 Å². The van der Waals surface area contributed by atoms with Gasteiger partial charge in [0.05, 0.1) is 5.52 Å². The van der Waals surface area contributed by atoms with Gasteiger partial charge >= 0.3 is 0 Å². The molecule has 25 heavy (non-hydrogen) atoms. The topological polar surface area (TPSA) is 68.3 Å². The first kappa shape index (κ1) is 15.9. The van der Waals surface area contributed by atoms with E-state index in [1.807, 2.05) is 30.5 Å². The molecule has 1 aromatic carbocycles. The molecule has 6 nitrogen and oxygen atoms in total. The molecular formula is C19H23N5O. The van der Waals surface area contributed by atoms with E-state index in [9.17, 15) is 5.11 Å². The lowest BCUT2D eigenvalue weighted by Gasteiger charge is -2.36. The molecule has 0 radical (unpaired) electrons. The standard InChI is InChI=1S/C19H23N5O/c1-23-11-5-6-13(12-23)24(2)19-18-15(9-10-20-18)17(21-22-19)14-7-3-4-8-16(14)25/h3-4,7-10,13,20,25H,5-6,11-12H2,1-2H3/t13-/m1/s1. The molecule has 2 aromatic heterocycles. The minimum absolute atomic E-state index is 0.217. The van der Waals surface area contributed by atoms with E-state index in [2.05, 4.69) is 39.1 Å². The lowest BCUT2D eigenvalue weighted by molar-refractivity contribution is 0.247. The van der Waals surface area contributed by atoms with Gasteiger partial charge in [0, 0.05) is 36.8 Å². The van der Waals surface area contributed by atoms with Crippen LogP contribution in [0.15, 0.2) is 36.5 Å². The van der Waals surface area contributed by atoms with E-state index >= 15 is 0 Å². The second-order valence-electron chi connectivity index (χ2n) is 6.82. The Balaban J connectivity index is 1.76. The molecule has 1 saturated heterocycles. The summed E-state index contributed by atoms with van der Waals surface area (Å²) < 4.78 is 0. The highest BCUT2D eigenvalue weighted by Crippen LogP contribution is 2.35. The van der Waals surface area contributed by atoms with Crippen molar-refractivity contribution < 1.29 is 5.11 Å². The van der Waals surface area contributed by atoms with Crippen LogP contribution in [-0.4, -0.2) is 58.4 Å². The molecule has 0 bridgehead atoms. The molecule has 1 fully saturated rings. The molecule has 0 aliphatic carbocycles. The van der Waals surface area contributed by atoms with Crippen LogP contribution in [0, 0.1) is 0 Å². The van der Waals surface area contributed by atoms with Crippen molar-refractivity contribution in [2.75, 3.05) is 32.1 Å². The van der Waals surface area contributed by atoms with E-state index < -0.39 is 0 Å². The van der Waals surface area contributed by atoms with Crippen molar-refractivity contribution in [3.05, 3.63) is 36.5 Å². The number of para-hydroxylation sites is 1. The fourth-order valence-corrected chi connectivity index (χ4v) is 3.70. The second-order valence-corrected chi connectivity index (χ2v) is 6.82. The number of hydrogen-bond acceptors (Lipinski definition) is 5. The molecule has 6 heteroatoms. The molecule has 1 aliphatic rings. The Hall–Kier alpha value is -2.60. The zero-order valence-electron chi connectivity index (χ0n) is 14.6. The smallest absolute Gasteiger partial charge is 0.175 e. The third-order valence-electron chi connectivity index (χ3n) is 5.11. The Morgan fingerprint density at radius 3 is 2.88 bits per heavy atom. The van der Waals surface area contributed by atoms with Crippen molar-refractivity contribution in [2.45, 2.75) is 18.9 Å². The number of rotatable bonds is 3. The van der Waals surface area contributed by atoms with Crippen molar-refractivity contribution in [3.8, 4) is 17.0 Å². The predicted molar refractivity (Wildman–Crippen MR) is 99.9 cm³/mol. The molecule has 3 heterocycles. The van der Waals surface area contributed by atoms with E-state index in [0.717, 1.165) is 36.2 Å². The Bertz CT molecular complexity index is 890. The normalized spacial score (nSPS) is 18.6. The summed E-state index contributed by atoms with van der Waals surface area (Å²) in [6.45, 7) is 2.18. The lowest BCUT2D eigenvalue weighted by Crippen LogP contribution is -2.45. The number of aromatic nitrogens is 3. The van der Waals surface area contributed by atoms with E-state index in [1.165, 1.54) is 6.42 Å². The fourth-order valence-electron chi connectivity index (χ4n) is 3.70. The van der Waals surface area contributed by atoms with Crippen LogP contribution in [0.1, 0.15) is 12.8 Å². The van der Waals surface area contributed by atoms with Crippen molar-refractivity contribution in [1.82, 2.24) is 20.1 Å². The maximum absolute atomic E-state index is 10.2. The number of benzene rings is 1. The molecule has 0 saturated carbocycles. The second kappa shape index (κ2) is 6.37. The van der Waals surface area contributed by atoms with Gasteiger partial charge < -0.3 is 19.9 Å². The number of likely N-dealkylation sites (tertiary alicyclic amines) is 1. The molecule has 4 rings (SSSR count). The minimum Gasteiger partial charge on any atom is -0.507 e. The number of H-pyrrole nitrogens is 1. The van der Waals surface area contributed by atoms with Crippen molar-refractivity contribution in [2.24, 2.45) is 0 Å². The maximum Gasteiger partial charge on any atom is 0.175 e. The zero-order chi connectivity index (χ0) is 17.4. The number of phenols is 1. The van der Waals surface area contributed by atoms with Gasteiger partial charge in [-0.3, -0.25) is 0 Å². The van der Waals surface area contributed by atoms with E-state index in [4.69, 9.17) is 0 Å². The molecule has 2 N–H and O–H groups in total. The summed E-state index contributed by atoms with van der Waals surface area (Å²) in [6.07, 6.45) is 4.26. The average molecular weight is 337 g/mol. The van der Waals surface area contributed by atoms with Gasteiger partial charge in [-0.25, -0.2) is 0 Å². The highest BCUT2D eigenvalue weighted by atomic mass is 16.3. The van der Waals surface area contributed by atoms with Gasteiger partial charge in [-0.2, -0.15) is 0 Å². The van der Waals surface area contributed by atoms with Crippen LogP contribution in [0.5, 0.6) is 5.75 Å². The molecule has 0 unspecified atom stereocenters. The van der Waals surface area contributed by atoms with Gasteiger partial charge in [0.25, 0.3) is 0 Å². The molecule has 0 amide bonds. The monoisotopic (exact) mass is 337 g/mol. The number of fused-ring (bicyclic) bond motifs is 1. The van der Waals surface area contributed by atoms with Gasteiger partial charge in [0.1, 0.15) is 11.4 Å². The van der Waals surface area contributed by atoms with Crippen LogP contribution >= 0.6 is 0 Å². The number of aromatic amines is 1. The van der Waals surface area contributed by atoms with Crippen molar-refractivity contribution in [3.63, 3.8) is 0 Å². The van der Waals surface area contributed by atoms with Crippen molar-refractivity contribution >= 4 is 16.7 Å². The first-order valence-electron chi connectivity index (χ1n) is 8.68. The minimum atomic E-state index is 0.217. The molecule has 1 atom stereocenters. The van der Waals surface area contributed by atoms with Gasteiger partial charge in [-0.05, 0) is 44.6 Å². The van der Waals surface area contributed by atoms with Crippen LogP contribution in [0.3, 0.4) is 0 Å². The van der Waals surface area contributed by atoms with Crippen molar-refractivity contribution in [1.29, 1.82) is 0 Å². The van der Waals surface area contributed by atoms with Crippen LogP contribution in [0.4, 0.5) is 5.82 Å². The third kappa shape index (κ3) is 2.82. The SMILES string of the molecule is CN1CCC[C@@H](N(C)c2nnc(-c3ccccc3O)c3cc[nH]c23)C1. The largest absolute Gasteiger partial charge is 0.507 e. The maximum atomic E-state index is 10.2. The third-order valence-corrected chi connectivity index (χ3v) is 5.11. The highest BCUT2D eigenvalue weighted by Gasteiger charge is 2.25. The highest BCUT2D eigenvalue weighted by molar-refractivity contribution is 5.99. The lowest BCUT2D eigenvalue weighted by atomic mass is 10.0. The van der Waals surface area contributed by atoms with Crippen LogP contribution in [0.2, 0.25) is 0 Å². The number of aromatic hydroxyl groups is 1. The fraction of sp³-hybridized carbons (Fsp3) is 0.368. The first-order chi connectivity index (χ1) is 12.1. The quantitative estimate of drug-likeness (QED) is 0.769.